The maximum atomic E-state index is 12.1. The molecule has 1 aromatic heterocycles. The van der Waals surface area contributed by atoms with Gasteiger partial charge in [-0.1, -0.05) is 18.2 Å². The zero-order valence-corrected chi connectivity index (χ0v) is 13.7. The van der Waals surface area contributed by atoms with E-state index < -0.39 is 10.8 Å². The number of hydrogen-bond acceptors (Lipinski definition) is 2. The van der Waals surface area contributed by atoms with Crippen LogP contribution in [0.5, 0.6) is 0 Å². The van der Waals surface area contributed by atoms with E-state index in [-0.39, 0.29) is 5.91 Å². The van der Waals surface area contributed by atoms with E-state index in [1.807, 2.05) is 18.3 Å². The number of aromatic nitrogens is 1. The molecule has 0 saturated carbocycles. The number of nitrogens with one attached hydrogen (secondary N) is 1. The van der Waals surface area contributed by atoms with Crippen molar-refractivity contribution >= 4 is 33.3 Å². The van der Waals surface area contributed by atoms with Gasteiger partial charge in [-0.25, -0.2) is 0 Å². The molecule has 0 bridgehead atoms. The predicted molar refractivity (Wildman–Crippen MR) is 94.0 cm³/mol. The standard InChI is InChI=1S/C18H18N2O2S/c1-23(22)16-8-6-15(7-9-16)19-18(21)11-13-20-12-10-14-4-2-3-5-17(14)20/h2-10,12H,11,13H2,1H3,(H,19,21)/t23-/m1/s1. The van der Waals surface area contributed by atoms with Gasteiger partial charge in [0.1, 0.15) is 0 Å². The van der Waals surface area contributed by atoms with Crippen LogP contribution in [-0.4, -0.2) is 20.9 Å². The van der Waals surface area contributed by atoms with Crippen LogP contribution in [0.1, 0.15) is 6.42 Å². The van der Waals surface area contributed by atoms with Crippen LogP contribution in [0.15, 0.2) is 65.7 Å². The third-order valence-electron chi connectivity index (χ3n) is 3.73. The first-order valence-corrected chi connectivity index (χ1v) is 8.96. The van der Waals surface area contributed by atoms with E-state index in [1.54, 1.807) is 30.5 Å². The molecule has 0 aliphatic carbocycles. The van der Waals surface area contributed by atoms with Crippen LogP contribution in [0, 0.1) is 0 Å². The van der Waals surface area contributed by atoms with Crippen molar-refractivity contribution < 1.29 is 9.00 Å². The lowest BCUT2D eigenvalue weighted by molar-refractivity contribution is -0.116. The number of aryl methyl sites for hydroxylation is 1. The molecule has 4 nitrogen and oxygen atoms in total. The van der Waals surface area contributed by atoms with Gasteiger partial charge in [0, 0.05) is 52.3 Å². The molecule has 118 valence electrons. The van der Waals surface area contributed by atoms with Crippen LogP contribution < -0.4 is 5.32 Å². The summed E-state index contributed by atoms with van der Waals surface area (Å²) < 4.78 is 13.4. The molecule has 0 radical (unpaired) electrons. The first-order valence-electron chi connectivity index (χ1n) is 7.41. The fourth-order valence-corrected chi connectivity index (χ4v) is 3.03. The number of fused-ring (bicyclic) bond motifs is 1. The summed E-state index contributed by atoms with van der Waals surface area (Å²) in [6.07, 6.45) is 4.04. The number of nitrogens with zero attached hydrogens (tertiary/aromatic N) is 1. The highest BCUT2D eigenvalue weighted by Crippen LogP contribution is 2.16. The van der Waals surface area contributed by atoms with Crippen molar-refractivity contribution in [1.82, 2.24) is 4.57 Å². The Balaban J connectivity index is 1.60. The van der Waals surface area contributed by atoms with Gasteiger partial charge in [0.15, 0.2) is 0 Å². The Hall–Kier alpha value is -2.40. The lowest BCUT2D eigenvalue weighted by Gasteiger charge is -2.07. The van der Waals surface area contributed by atoms with Crippen molar-refractivity contribution in [3.8, 4) is 0 Å². The Labute approximate surface area is 137 Å². The third-order valence-corrected chi connectivity index (χ3v) is 4.67. The van der Waals surface area contributed by atoms with Gasteiger partial charge in [-0.15, -0.1) is 0 Å². The molecular weight excluding hydrogens is 308 g/mol. The first-order chi connectivity index (χ1) is 11.1. The summed E-state index contributed by atoms with van der Waals surface area (Å²) in [4.78, 5) is 12.8. The Morgan fingerprint density at radius 1 is 1.09 bits per heavy atom. The molecule has 1 amide bonds. The summed E-state index contributed by atoms with van der Waals surface area (Å²) >= 11 is 0. The number of amides is 1. The summed E-state index contributed by atoms with van der Waals surface area (Å²) in [5.74, 6) is -0.0341. The molecule has 3 rings (SSSR count). The van der Waals surface area contributed by atoms with Gasteiger partial charge in [-0.05, 0) is 41.8 Å². The fraction of sp³-hybridized carbons (Fsp3) is 0.167. The topological polar surface area (TPSA) is 51.1 Å². The summed E-state index contributed by atoms with van der Waals surface area (Å²) in [5.41, 5.74) is 1.86. The van der Waals surface area contributed by atoms with Crippen LogP contribution in [0.3, 0.4) is 0 Å². The number of carbonyl (C=O) groups excluding carboxylic acids is 1. The van der Waals surface area contributed by atoms with E-state index >= 15 is 0 Å². The molecule has 0 spiro atoms. The minimum atomic E-state index is -1.00. The molecule has 0 aliphatic heterocycles. The number of carbonyl (C=O) groups is 1. The molecule has 0 fully saturated rings. The number of rotatable bonds is 5. The largest absolute Gasteiger partial charge is 0.347 e. The van der Waals surface area contributed by atoms with Crippen molar-refractivity contribution in [2.45, 2.75) is 17.9 Å². The highest BCUT2D eigenvalue weighted by Gasteiger charge is 2.05. The summed E-state index contributed by atoms with van der Waals surface area (Å²) in [6, 6.07) is 17.3. The zero-order valence-electron chi connectivity index (χ0n) is 12.9. The quantitative estimate of drug-likeness (QED) is 0.781. The molecule has 0 unspecified atom stereocenters. The van der Waals surface area contributed by atoms with Crippen molar-refractivity contribution in [3.05, 3.63) is 60.8 Å². The predicted octanol–water partition coefficient (Wildman–Crippen LogP) is 3.41. The number of benzene rings is 2. The van der Waals surface area contributed by atoms with Gasteiger partial charge in [0.2, 0.25) is 5.91 Å². The number of para-hydroxylation sites is 1. The Kier molecular flexibility index (Phi) is 4.57. The molecule has 2 aromatic carbocycles. The van der Waals surface area contributed by atoms with Gasteiger partial charge in [0.25, 0.3) is 0 Å². The third kappa shape index (κ3) is 3.68. The maximum absolute atomic E-state index is 12.1. The van der Waals surface area contributed by atoms with E-state index in [2.05, 4.69) is 28.1 Å². The van der Waals surface area contributed by atoms with Crippen LogP contribution >= 0.6 is 0 Å². The minimum absolute atomic E-state index is 0.0341. The van der Waals surface area contributed by atoms with E-state index in [0.717, 1.165) is 16.1 Å². The molecule has 1 heterocycles. The molecule has 5 heteroatoms. The van der Waals surface area contributed by atoms with E-state index in [9.17, 15) is 9.00 Å². The normalized spacial score (nSPS) is 12.2. The molecular formula is C18H18N2O2S. The SMILES string of the molecule is C[S@@](=O)c1ccc(NC(=O)CCn2ccc3ccccc32)cc1. The van der Waals surface area contributed by atoms with Gasteiger partial charge in [0.05, 0.1) is 0 Å². The minimum Gasteiger partial charge on any atom is -0.347 e. The molecule has 23 heavy (non-hydrogen) atoms. The molecule has 0 saturated heterocycles. The van der Waals surface area contributed by atoms with E-state index in [1.165, 1.54) is 5.39 Å². The molecule has 1 atom stereocenters. The van der Waals surface area contributed by atoms with E-state index in [4.69, 9.17) is 0 Å². The van der Waals surface area contributed by atoms with Crippen molar-refractivity contribution in [1.29, 1.82) is 0 Å². The van der Waals surface area contributed by atoms with Crippen molar-refractivity contribution in [2.75, 3.05) is 11.6 Å². The zero-order chi connectivity index (χ0) is 16.2. The average molecular weight is 326 g/mol. The lowest BCUT2D eigenvalue weighted by atomic mass is 10.2. The summed E-state index contributed by atoms with van der Waals surface area (Å²) in [7, 11) is -1.00. The van der Waals surface area contributed by atoms with Gasteiger partial charge < -0.3 is 9.88 Å². The van der Waals surface area contributed by atoms with Crippen LogP contribution in [0.4, 0.5) is 5.69 Å². The Morgan fingerprint density at radius 2 is 1.83 bits per heavy atom. The summed E-state index contributed by atoms with van der Waals surface area (Å²) in [5, 5.41) is 4.04. The second kappa shape index (κ2) is 6.79. The lowest BCUT2D eigenvalue weighted by Crippen LogP contribution is -2.14. The molecule has 3 aromatic rings. The fourth-order valence-electron chi connectivity index (χ4n) is 2.51. The monoisotopic (exact) mass is 326 g/mol. The summed E-state index contributed by atoms with van der Waals surface area (Å²) in [6.45, 7) is 0.635. The van der Waals surface area contributed by atoms with Crippen LogP contribution in [0.2, 0.25) is 0 Å². The highest BCUT2D eigenvalue weighted by atomic mass is 32.2. The number of anilines is 1. The van der Waals surface area contributed by atoms with E-state index in [0.29, 0.717) is 13.0 Å². The van der Waals surface area contributed by atoms with Crippen LogP contribution in [0.25, 0.3) is 10.9 Å². The number of hydrogen-bond donors (Lipinski definition) is 1. The van der Waals surface area contributed by atoms with Crippen molar-refractivity contribution in [2.24, 2.45) is 0 Å². The average Bonchev–Trinajstić information content (AvgIpc) is 2.97. The second-order valence-electron chi connectivity index (χ2n) is 5.34. The Bertz CT molecular complexity index is 853. The smallest absolute Gasteiger partial charge is 0.226 e. The van der Waals surface area contributed by atoms with Crippen LogP contribution in [-0.2, 0) is 22.1 Å². The molecule has 0 aliphatic rings. The van der Waals surface area contributed by atoms with Crippen molar-refractivity contribution in [3.63, 3.8) is 0 Å². The first kappa shape index (κ1) is 15.5. The molecule has 1 N–H and O–H groups in total. The van der Waals surface area contributed by atoms with Gasteiger partial charge in [-0.2, -0.15) is 0 Å². The maximum Gasteiger partial charge on any atom is 0.226 e. The van der Waals surface area contributed by atoms with Gasteiger partial charge in [-0.3, -0.25) is 9.00 Å². The van der Waals surface area contributed by atoms with Gasteiger partial charge >= 0.3 is 0 Å². The Morgan fingerprint density at radius 3 is 2.57 bits per heavy atom. The highest BCUT2D eigenvalue weighted by molar-refractivity contribution is 7.84. The second-order valence-corrected chi connectivity index (χ2v) is 6.72.